The summed E-state index contributed by atoms with van der Waals surface area (Å²) in [6.07, 6.45) is 0.350. The average molecular weight is 272 g/mol. The van der Waals surface area contributed by atoms with E-state index in [9.17, 15) is 9.59 Å². The molecule has 0 aliphatic heterocycles. The first kappa shape index (κ1) is 18.1. The Balaban J connectivity index is 0. The number of amides is 1. The third kappa shape index (κ3) is 20.8. The summed E-state index contributed by atoms with van der Waals surface area (Å²) in [5.74, 6) is -1.23. The van der Waals surface area contributed by atoms with Crippen molar-refractivity contribution >= 4 is 22.3 Å². The standard InChI is InChI=1S/C7H14N2O3.H2O4S/c1-2-9-6(10)4-3-5(8)7(11)12;1-5(2,3)4/h5H,2-4,8H2,1H3,(H,9,10)(H,11,12);(H2,1,2,3,4)/t5-;/m0./s1. The maximum Gasteiger partial charge on any atom is 0.394 e. The molecule has 1 atom stereocenters. The normalized spacial score (nSPS) is 12.0. The predicted molar refractivity (Wildman–Crippen MR) is 57.7 cm³/mol. The van der Waals surface area contributed by atoms with Gasteiger partial charge >= 0.3 is 16.4 Å². The van der Waals surface area contributed by atoms with Crippen LogP contribution < -0.4 is 11.1 Å². The minimum absolute atomic E-state index is 0.158. The van der Waals surface area contributed by atoms with E-state index in [2.05, 4.69) is 5.32 Å². The van der Waals surface area contributed by atoms with Crippen molar-refractivity contribution in [2.45, 2.75) is 25.8 Å². The molecule has 0 unspecified atom stereocenters. The lowest BCUT2D eigenvalue weighted by Crippen LogP contribution is -2.32. The smallest absolute Gasteiger partial charge is 0.394 e. The maximum absolute atomic E-state index is 10.8. The summed E-state index contributed by atoms with van der Waals surface area (Å²) < 4.78 is 31.6. The molecule has 10 heteroatoms. The van der Waals surface area contributed by atoms with Gasteiger partial charge in [-0.1, -0.05) is 0 Å². The highest BCUT2D eigenvalue weighted by Crippen LogP contribution is 1.93. The van der Waals surface area contributed by atoms with Crippen LogP contribution in [0.4, 0.5) is 0 Å². The van der Waals surface area contributed by atoms with E-state index in [4.69, 9.17) is 28.4 Å². The zero-order chi connectivity index (χ0) is 14.1. The van der Waals surface area contributed by atoms with Crippen molar-refractivity contribution in [3.05, 3.63) is 0 Å². The molecule has 0 aliphatic rings. The zero-order valence-electron chi connectivity index (χ0n) is 9.16. The molecule has 0 aromatic carbocycles. The van der Waals surface area contributed by atoms with Gasteiger partial charge in [0.25, 0.3) is 0 Å². The fourth-order valence-electron chi connectivity index (χ4n) is 0.696. The molecule has 102 valence electrons. The number of carbonyl (C=O) groups is 2. The van der Waals surface area contributed by atoms with Gasteiger partial charge in [-0.15, -0.1) is 0 Å². The zero-order valence-corrected chi connectivity index (χ0v) is 9.98. The van der Waals surface area contributed by atoms with Crippen LogP contribution in [0.3, 0.4) is 0 Å². The predicted octanol–water partition coefficient (Wildman–Crippen LogP) is -1.34. The minimum Gasteiger partial charge on any atom is -0.480 e. The van der Waals surface area contributed by atoms with E-state index in [1.54, 1.807) is 6.92 Å². The van der Waals surface area contributed by atoms with Crippen molar-refractivity contribution in [1.29, 1.82) is 0 Å². The Kier molecular flexibility index (Phi) is 9.47. The van der Waals surface area contributed by atoms with Gasteiger partial charge in [0.2, 0.25) is 5.91 Å². The molecular formula is C7H16N2O7S. The molecule has 0 saturated carbocycles. The van der Waals surface area contributed by atoms with E-state index in [1.165, 1.54) is 0 Å². The molecule has 0 aromatic rings. The lowest BCUT2D eigenvalue weighted by atomic mass is 10.1. The van der Waals surface area contributed by atoms with Gasteiger partial charge in [-0.3, -0.25) is 18.7 Å². The van der Waals surface area contributed by atoms with Gasteiger partial charge < -0.3 is 16.2 Å². The van der Waals surface area contributed by atoms with Crippen LogP contribution in [0.5, 0.6) is 0 Å². The number of carboxylic acid groups (broad SMARTS) is 1. The molecule has 0 saturated heterocycles. The monoisotopic (exact) mass is 272 g/mol. The van der Waals surface area contributed by atoms with Crippen molar-refractivity contribution in [1.82, 2.24) is 5.32 Å². The maximum atomic E-state index is 10.8. The highest BCUT2D eigenvalue weighted by molar-refractivity contribution is 7.79. The summed E-state index contributed by atoms with van der Waals surface area (Å²) in [5.41, 5.74) is 5.18. The van der Waals surface area contributed by atoms with Crippen molar-refractivity contribution in [3.63, 3.8) is 0 Å². The number of nitrogens with two attached hydrogens (primary N) is 1. The average Bonchev–Trinajstić information content (AvgIpc) is 2.11. The highest BCUT2D eigenvalue weighted by Gasteiger charge is 2.12. The first-order chi connectivity index (χ1) is 7.57. The molecule has 0 rings (SSSR count). The fraction of sp³-hybridized carbons (Fsp3) is 0.714. The Bertz CT molecular complexity index is 332. The van der Waals surface area contributed by atoms with Gasteiger partial charge in [0.05, 0.1) is 0 Å². The Morgan fingerprint density at radius 3 is 2.06 bits per heavy atom. The molecule has 0 spiro atoms. The van der Waals surface area contributed by atoms with Crippen molar-refractivity contribution in [3.8, 4) is 0 Å². The number of aliphatic carboxylic acids is 1. The molecule has 0 heterocycles. The number of carboxylic acids is 1. The van der Waals surface area contributed by atoms with Gasteiger partial charge in [0, 0.05) is 13.0 Å². The SMILES string of the molecule is CCNC(=O)CC[C@H](N)C(=O)O.O=S(=O)(O)O. The van der Waals surface area contributed by atoms with Gasteiger partial charge in [-0.05, 0) is 13.3 Å². The molecule has 1 amide bonds. The number of hydrogen-bond acceptors (Lipinski definition) is 5. The quantitative estimate of drug-likeness (QED) is 0.383. The van der Waals surface area contributed by atoms with Crippen LogP contribution in [-0.2, 0) is 20.0 Å². The fourth-order valence-corrected chi connectivity index (χ4v) is 0.696. The van der Waals surface area contributed by atoms with Crippen molar-refractivity contribution in [2.75, 3.05) is 6.54 Å². The Labute approximate surface area is 98.6 Å². The second-order valence-corrected chi connectivity index (χ2v) is 3.78. The number of carbonyl (C=O) groups excluding carboxylic acids is 1. The van der Waals surface area contributed by atoms with E-state index in [0.29, 0.717) is 6.54 Å². The van der Waals surface area contributed by atoms with E-state index in [0.717, 1.165) is 0 Å². The molecule has 9 nitrogen and oxygen atoms in total. The lowest BCUT2D eigenvalue weighted by Gasteiger charge is -2.05. The topological polar surface area (TPSA) is 167 Å². The molecular weight excluding hydrogens is 256 g/mol. The second kappa shape index (κ2) is 8.87. The van der Waals surface area contributed by atoms with E-state index in [-0.39, 0.29) is 18.7 Å². The molecule has 0 fully saturated rings. The Morgan fingerprint density at radius 1 is 1.35 bits per heavy atom. The number of rotatable bonds is 5. The van der Waals surface area contributed by atoms with Gasteiger partial charge in [-0.2, -0.15) is 8.42 Å². The second-order valence-electron chi connectivity index (χ2n) is 2.88. The van der Waals surface area contributed by atoms with Crippen LogP contribution in [0.25, 0.3) is 0 Å². The van der Waals surface area contributed by atoms with Gasteiger partial charge in [0.15, 0.2) is 0 Å². The largest absolute Gasteiger partial charge is 0.480 e. The van der Waals surface area contributed by atoms with Crippen LogP contribution in [0.1, 0.15) is 19.8 Å². The van der Waals surface area contributed by atoms with Crippen LogP contribution >= 0.6 is 0 Å². The van der Waals surface area contributed by atoms with Crippen LogP contribution in [-0.4, -0.2) is 47.1 Å². The summed E-state index contributed by atoms with van der Waals surface area (Å²) >= 11 is 0. The minimum atomic E-state index is -4.67. The first-order valence-corrected chi connectivity index (χ1v) is 5.92. The number of hydrogen-bond donors (Lipinski definition) is 5. The number of nitrogens with one attached hydrogen (secondary N) is 1. The third-order valence-corrected chi connectivity index (χ3v) is 1.37. The van der Waals surface area contributed by atoms with Crippen LogP contribution in [0, 0.1) is 0 Å². The molecule has 6 N–H and O–H groups in total. The Morgan fingerprint density at radius 2 is 1.76 bits per heavy atom. The summed E-state index contributed by atoms with van der Waals surface area (Å²) in [4.78, 5) is 21.0. The third-order valence-electron chi connectivity index (χ3n) is 1.37. The first-order valence-electron chi connectivity index (χ1n) is 4.52. The van der Waals surface area contributed by atoms with E-state index >= 15 is 0 Å². The highest BCUT2D eigenvalue weighted by atomic mass is 32.3. The molecule has 0 radical (unpaired) electrons. The summed E-state index contributed by atoms with van der Waals surface area (Å²) in [6.45, 7) is 2.36. The van der Waals surface area contributed by atoms with E-state index < -0.39 is 22.4 Å². The summed E-state index contributed by atoms with van der Waals surface area (Å²) in [5, 5.41) is 10.9. The summed E-state index contributed by atoms with van der Waals surface area (Å²) in [7, 11) is -4.67. The summed E-state index contributed by atoms with van der Waals surface area (Å²) in [6, 6.07) is -0.937. The van der Waals surface area contributed by atoms with E-state index in [1.807, 2.05) is 0 Å². The van der Waals surface area contributed by atoms with Crippen LogP contribution in [0.2, 0.25) is 0 Å². The van der Waals surface area contributed by atoms with Crippen molar-refractivity contribution in [2.24, 2.45) is 5.73 Å². The van der Waals surface area contributed by atoms with Crippen LogP contribution in [0.15, 0.2) is 0 Å². The molecule has 0 bridgehead atoms. The Hall–Kier alpha value is -1.23. The molecule has 0 aromatic heterocycles. The molecule has 17 heavy (non-hydrogen) atoms. The van der Waals surface area contributed by atoms with Gasteiger partial charge in [-0.25, -0.2) is 0 Å². The van der Waals surface area contributed by atoms with Crippen molar-refractivity contribution < 1.29 is 32.2 Å². The lowest BCUT2D eigenvalue weighted by molar-refractivity contribution is -0.138. The van der Waals surface area contributed by atoms with Gasteiger partial charge in [0.1, 0.15) is 6.04 Å². The molecule has 0 aliphatic carbocycles.